The van der Waals surface area contributed by atoms with Crippen molar-refractivity contribution in [2.24, 2.45) is 5.92 Å². The third kappa shape index (κ3) is 3.82. The summed E-state index contributed by atoms with van der Waals surface area (Å²) in [4.78, 5) is 14.8. The second kappa shape index (κ2) is 7.36. The SMILES string of the molecule is C=Cc1ccccc1N1CCC(C(=O)c2cccc(C(F)(F)F)c2)CC1. The molecule has 0 aromatic heterocycles. The van der Waals surface area contributed by atoms with Gasteiger partial charge in [0.25, 0.3) is 0 Å². The molecule has 2 aromatic carbocycles. The van der Waals surface area contributed by atoms with Gasteiger partial charge in [0.2, 0.25) is 0 Å². The van der Waals surface area contributed by atoms with E-state index in [1.807, 2.05) is 24.3 Å². The van der Waals surface area contributed by atoms with Gasteiger partial charge in [-0.1, -0.05) is 43.0 Å². The molecule has 1 saturated heterocycles. The number of rotatable bonds is 4. The van der Waals surface area contributed by atoms with Gasteiger partial charge in [0.1, 0.15) is 0 Å². The Labute approximate surface area is 150 Å². The van der Waals surface area contributed by atoms with Gasteiger partial charge in [-0.3, -0.25) is 4.79 Å². The van der Waals surface area contributed by atoms with Crippen LogP contribution in [-0.4, -0.2) is 18.9 Å². The minimum absolute atomic E-state index is 0.143. The lowest BCUT2D eigenvalue weighted by molar-refractivity contribution is -0.137. The quantitative estimate of drug-likeness (QED) is 0.677. The van der Waals surface area contributed by atoms with Crippen LogP contribution in [-0.2, 0) is 6.18 Å². The van der Waals surface area contributed by atoms with Gasteiger partial charge in [0, 0.05) is 30.3 Å². The first-order valence-electron chi connectivity index (χ1n) is 8.58. The molecule has 26 heavy (non-hydrogen) atoms. The summed E-state index contributed by atoms with van der Waals surface area (Å²) >= 11 is 0. The highest BCUT2D eigenvalue weighted by atomic mass is 19.4. The first-order chi connectivity index (χ1) is 12.4. The van der Waals surface area contributed by atoms with E-state index in [0.717, 1.165) is 23.4 Å². The van der Waals surface area contributed by atoms with Crippen LogP contribution >= 0.6 is 0 Å². The Kier molecular flexibility index (Phi) is 5.16. The van der Waals surface area contributed by atoms with E-state index in [1.54, 1.807) is 6.08 Å². The van der Waals surface area contributed by atoms with Crippen LogP contribution in [0.25, 0.3) is 6.08 Å². The largest absolute Gasteiger partial charge is 0.416 e. The molecule has 0 unspecified atom stereocenters. The molecule has 0 bridgehead atoms. The summed E-state index contributed by atoms with van der Waals surface area (Å²) < 4.78 is 38.6. The average molecular weight is 359 g/mol. The molecule has 2 nitrogen and oxygen atoms in total. The highest BCUT2D eigenvalue weighted by molar-refractivity contribution is 5.98. The maximum Gasteiger partial charge on any atom is 0.416 e. The number of hydrogen-bond acceptors (Lipinski definition) is 2. The minimum Gasteiger partial charge on any atom is -0.371 e. The van der Waals surface area contributed by atoms with Gasteiger partial charge in [0.15, 0.2) is 5.78 Å². The first kappa shape index (κ1) is 18.2. The van der Waals surface area contributed by atoms with Crippen molar-refractivity contribution in [3.63, 3.8) is 0 Å². The van der Waals surface area contributed by atoms with Gasteiger partial charge in [-0.25, -0.2) is 0 Å². The summed E-state index contributed by atoms with van der Waals surface area (Å²) in [5.41, 5.74) is 1.48. The molecule has 1 aliphatic rings. The Hall–Kier alpha value is -2.56. The molecular formula is C21H20F3NO. The lowest BCUT2D eigenvalue weighted by atomic mass is 9.88. The Morgan fingerprint density at radius 1 is 1.08 bits per heavy atom. The predicted molar refractivity (Wildman–Crippen MR) is 97.2 cm³/mol. The zero-order valence-corrected chi connectivity index (χ0v) is 14.3. The van der Waals surface area contributed by atoms with Crippen LogP contribution in [0.2, 0.25) is 0 Å². The Balaban J connectivity index is 1.70. The Morgan fingerprint density at radius 3 is 2.42 bits per heavy atom. The molecule has 0 saturated carbocycles. The van der Waals surface area contributed by atoms with E-state index < -0.39 is 11.7 Å². The van der Waals surface area contributed by atoms with Crippen LogP contribution in [0.1, 0.15) is 34.3 Å². The summed E-state index contributed by atoms with van der Waals surface area (Å²) in [7, 11) is 0. The van der Waals surface area contributed by atoms with Gasteiger partial charge in [-0.05, 0) is 36.6 Å². The number of carbonyl (C=O) groups is 1. The zero-order chi connectivity index (χ0) is 18.7. The Bertz CT molecular complexity index is 805. The Morgan fingerprint density at radius 2 is 1.77 bits per heavy atom. The molecule has 1 heterocycles. The molecule has 136 valence electrons. The molecule has 0 radical (unpaired) electrons. The standard InChI is InChI=1S/C21H20F3NO/c1-2-15-6-3-4-9-19(15)25-12-10-16(11-13-25)20(26)17-7-5-8-18(14-17)21(22,23)24/h2-9,14,16H,1,10-13H2. The molecule has 1 fully saturated rings. The fraction of sp³-hybridized carbons (Fsp3) is 0.286. The second-order valence-corrected chi connectivity index (χ2v) is 6.47. The number of anilines is 1. The van der Waals surface area contributed by atoms with Gasteiger partial charge in [-0.2, -0.15) is 13.2 Å². The smallest absolute Gasteiger partial charge is 0.371 e. The number of Topliss-reactive ketones (excluding diaryl/α,β-unsaturated/α-hetero) is 1. The summed E-state index contributed by atoms with van der Waals surface area (Å²) in [6.07, 6.45) is -1.38. The van der Waals surface area contributed by atoms with Crippen LogP contribution in [0.5, 0.6) is 0 Å². The molecule has 0 N–H and O–H groups in total. The van der Waals surface area contributed by atoms with Crippen molar-refractivity contribution in [3.8, 4) is 0 Å². The maximum absolute atomic E-state index is 12.9. The van der Waals surface area contributed by atoms with E-state index in [1.165, 1.54) is 12.1 Å². The van der Waals surface area contributed by atoms with Crippen molar-refractivity contribution in [2.45, 2.75) is 19.0 Å². The van der Waals surface area contributed by atoms with Gasteiger partial charge < -0.3 is 4.90 Å². The number of benzene rings is 2. The molecule has 0 aliphatic carbocycles. The van der Waals surface area contributed by atoms with Crippen molar-refractivity contribution in [1.29, 1.82) is 0 Å². The van der Waals surface area contributed by atoms with Crippen LogP contribution in [0.15, 0.2) is 55.1 Å². The third-order valence-electron chi connectivity index (χ3n) is 4.84. The minimum atomic E-state index is -4.44. The van der Waals surface area contributed by atoms with Gasteiger partial charge >= 0.3 is 6.18 Å². The highest BCUT2D eigenvalue weighted by Gasteiger charge is 2.32. The monoisotopic (exact) mass is 359 g/mol. The van der Waals surface area contributed by atoms with Crippen LogP contribution in [0, 0.1) is 5.92 Å². The van der Waals surface area contributed by atoms with E-state index in [4.69, 9.17) is 0 Å². The number of ketones is 1. The fourth-order valence-corrected chi connectivity index (χ4v) is 3.42. The predicted octanol–water partition coefficient (Wildman–Crippen LogP) is 5.45. The van der Waals surface area contributed by atoms with E-state index in [-0.39, 0.29) is 17.3 Å². The number of nitrogens with zero attached hydrogens (tertiary/aromatic N) is 1. The highest BCUT2D eigenvalue weighted by Crippen LogP contribution is 2.32. The summed E-state index contributed by atoms with van der Waals surface area (Å²) in [6.45, 7) is 5.21. The summed E-state index contributed by atoms with van der Waals surface area (Å²) in [5.74, 6) is -0.446. The molecule has 0 atom stereocenters. The lowest BCUT2D eigenvalue weighted by Gasteiger charge is -2.34. The van der Waals surface area contributed by atoms with Crippen LogP contribution in [0.3, 0.4) is 0 Å². The number of alkyl halides is 3. The number of halogens is 3. The topological polar surface area (TPSA) is 20.3 Å². The number of carbonyl (C=O) groups excluding carboxylic acids is 1. The normalized spacial score (nSPS) is 15.7. The second-order valence-electron chi connectivity index (χ2n) is 6.47. The number of hydrogen-bond donors (Lipinski definition) is 0. The van der Waals surface area contributed by atoms with Crippen molar-refractivity contribution in [2.75, 3.05) is 18.0 Å². The average Bonchev–Trinajstić information content (AvgIpc) is 2.67. The van der Waals surface area contributed by atoms with E-state index >= 15 is 0 Å². The number of piperidine rings is 1. The summed E-state index contributed by atoms with van der Waals surface area (Å²) in [6, 6.07) is 12.6. The molecule has 2 aromatic rings. The van der Waals surface area contributed by atoms with Crippen molar-refractivity contribution in [1.82, 2.24) is 0 Å². The fourth-order valence-electron chi connectivity index (χ4n) is 3.42. The molecule has 0 spiro atoms. The lowest BCUT2D eigenvalue weighted by Crippen LogP contribution is -2.36. The first-order valence-corrected chi connectivity index (χ1v) is 8.58. The van der Waals surface area contributed by atoms with Crippen molar-refractivity contribution >= 4 is 17.5 Å². The van der Waals surface area contributed by atoms with Gasteiger partial charge in [-0.15, -0.1) is 0 Å². The number of para-hydroxylation sites is 1. The van der Waals surface area contributed by atoms with E-state index in [0.29, 0.717) is 25.9 Å². The zero-order valence-electron chi connectivity index (χ0n) is 14.3. The molecular weight excluding hydrogens is 339 g/mol. The molecule has 3 rings (SSSR count). The summed E-state index contributed by atoms with van der Waals surface area (Å²) in [5, 5.41) is 0. The van der Waals surface area contributed by atoms with E-state index in [9.17, 15) is 18.0 Å². The maximum atomic E-state index is 12.9. The van der Waals surface area contributed by atoms with Crippen LogP contribution in [0.4, 0.5) is 18.9 Å². The molecule has 0 amide bonds. The molecule has 1 aliphatic heterocycles. The van der Waals surface area contributed by atoms with Gasteiger partial charge in [0.05, 0.1) is 5.56 Å². The van der Waals surface area contributed by atoms with Crippen molar-refractivity contribution in [3.05, 3.63) is 71.8 Å². The third-order valence-corrected chi connectivity index (χ3v) is 4.84. The van der Waals surface area contributed by atoms with E-state index in [2.05, 4.69) is 11.5 Å². The van der Waals surface area contributed by atoms with Crippen LogP contribution < -0.4 is 4.90 Å². The molecule has 5 heteroatoms. The van der Waals surface area contributed by atoms with Crippen molar-refractivity contribution < 1.29 is 18.0 Å².